The molecular weight excluding hydrogens is 343 g/mol. The minimum absolute atomic E-state index is 0.352. The summed E-state index contributed by atoms with van der Waals surface area (Å²) < 4.78 is 39.0. The Kier molecular flexibility index (Phi) is 4.61. The van der Waals surface area contributed by atoms with Gasteiger partial charge in [0.25, 0.3) is 0 Å². The fourth-order valence-electron chi connectivity index (χ4n) is 2.11. The monoisotopic (exact) mass is 357 g/mol. The Morgan fingerprint density at radius 3 is 2.24 bits per heavy atom. The van der Waals surface area contributed by atoms with Gasteiger partial charge in [-0.3, -0.25) is 0 Å². The lowest BCUT2D eigenvalue weighted by molar-refractivity contribution is -0.137. The van der Waals surface area contributed by atoms with Crippen LogP contribution in [0.15, 0.2) is 40.9 Å². The Morgan fingerprint density at radius 1 is 1.05 bits per heavy atom. The van der Waals surface area contributed by atoms with Gasteiger partial charge < -0.3 is 5.32 Å². The maximum atomic E-state index is 12.7. The lowest BCUT2D eigenvalue weighted by Crippen LogP contribution is -2.07. The predicted octanol–water partition coefficient (Wildman–Crippen LogP) is 5.70. The van der Waals surface area contributed by atoms with Crippen LogP contribution in [0.4, 0.5) is 18.9 Å². The molecule has 2 aromatic carbocycles. The van der Waals surface area contributed by atoms with Crippen molar-refractivity contribution in [3.8, 4) is 0 Å². The van der Waals surface area contributed by atoms with E-state index in [0.29, 0.717) is 12.1 Å². The number of hydrogen-bond donors (Lipinski definition) is 1. The molecule has 5 heteroatoms. The van der Waals surface area contributed by atoms with Crippen molar-refractivity contribution in [2.75, 3.05) is 5.32 Å². The second-order valence-electron chi connectivity index (χ2n) is 4.98. The van der Waals surface area contributed by atoms with Crippen molar-refractivity contribution in [1.29, 1.82) is 0 Å². The zero-order valence-corrected chi connectivity index (χ0v) is 13.3. The smallest absolute Gasteiger partial charge is 0.381 e. The molecule has 0 fully saturated rings. The van der Waals surface area contributed by atoms with E-state index in [2.05, 4.69) is 21.2 Å². The minimum Gasteiger partial charge on any atom is -0.381 e. The summed E-state index contributed by atoms with van der Waals surface area (Å²) in [4.78, 5) is 0. The topological polar surface area (TPSA) is 12.0 Å². The second-order valence-corrected chi connectivity index (χ2v) is 5.77. The Bertz CT molecular complexity index is 627. The van der Waals surface area contributed by atoms with Gasteiger partial charge in [-0.05, 0) is 54.8 Å². The van der Waals surface area contributed by atoms with Crippen molar-refractivity contribution < 1.29 is 13.2 Å². The van der Waals surface area contributed by atoms with Gasteiger partial charge in [0.15, 0.2) is 0 Å². The zero-order chi connectivity index (χ0) is 15.6. The average molecular weight is 358 g/mol. The van der Waals surface area contributed by atoms with E-state index in [1.165, 1.54) is 12.1 Å². The molecule has 0 bridgehead atoms. The molecule has 1 N–H and O–H groups in total. The van der Waals surface area contributed by atoms with Crippen molar-refractivity contribution in [3.05, 3.63) is 63.1 Å². The van der Waals surface area contributed by atoms with Crippen molar-refractivity contribution in [2.24, 2.45) is 0 Å². The first-order valence-electron chi connectivity index (χ1n) is 6.44. The number of anilines is 1. The molecule has 2 aromatic rings. The van der Waals surface area contributed by atoms with Gasteiger partial charge in [-0.1, -0.05) is 28.1 Å². The molecule has 0 aromatic heterocycles. The molecule has 21 heavy (non-hydrogen) atoms. The van der Waals surface area contributed by atoms with Crippen molar-refractivity contribution in [2.45, 2.75) is 26.6 Å². The molecule has 0 aliphatic heterocycles. The highest BCUT2D eigenvalue weighted by molar-refractivity contribution is 9.10. The predicted molar refractivity (Wildman–Crippen MR) is 82.4 cm³/mol. The van der Waals surface area contributed by atoms with E-state index in [0.717, 1.165) is 27.4 Å². The molecule has 0 aliphatic rings. The van der Waals surface area contributed by atoms with E-state index in [4.69, 9.17) is 0 Å². The molecule has 2 rings (SSSR count). The Morgan fingerprint density at radius 2 is 1.67 bits per heavy atom. The summed E-state index contributed by atoms with van der Waals surface area (Å²) >= 11 is 3.49. The summed E-state index contributed by atoms with van der Waals surface area (Å²) in [5, 5.41) is 3.16. The highest BCUT2D eigenvalue weighted by Gasteiger charge is 2.30. The number of aryl methyl sites for hydroxylation is 2. The Labute approximate surface area is 130 Å². The normalized spacial score (nSPS) is 11.5. The molecule has 0 atom stereocenters. The molecule has 1 nitrogen and oxygen atoms in total. The van der Waals surface area contributed by atoms with E-state index in [1.54, 1.807) is 6.07 Å². The molecule has 0 saturated carbocycles. The highest BCUT2D eigenvalue weighted by Crippen LogP contribution is 2.30. The van der Waals surface area contributed by atoms with E-state index < -0.39 is 11.7 Å². The number of rotatable bonds is 3. The summed E-state index contributed by atoms with van der Waals surface area (Å²) in [5.41, 5.74) is 3.04. The first-order valence-corrected chi connectivity index (χ1v) is 7.23. The molecule has 0 heterocycles. The molecule has 0 saturated heterocycles. The fraction of sp³-hybridized carbons (Fsp3) is 0.250. The van der Waals surface area contributed by atoms with Gasteiger partial charge in [-0.2, -0.15) is 13.2 Å². The van der Waals surface area contributed by atoms with Gasteiger partial charge in [0.2, 0.25) is 0 Å². The van der Waals surface area contributed by atoms with Crippen LogP contribution in [0.3, 0.4) is 0 Å². The third-order valence-corrected chi connectivity index (χ3v) is 4.44. The first kappa shape index (κ1) is 15.9. The number of hydrogen-bond acceptors (Lipinski definition) is 1. The van der Waals surface area contributed by atoms with Gasteiger partial charge in [0.05, 0.1) is 5.56 Å². The van der Waals surface area contributed by atoms with Crippen molar-refractivity contribution >= 4 is 21.6 Å². The van der Waals surface area contributed by atoms with E-state index in [9.17, 15) is 13.2 Å². The number of halogens is 4. The number of nitrogens with one attached hydrogen (secondary N) is 1. The zero-order valence-electron chi connectivity index (χ0n) is 11.7. The lowest BCUT2D eigenvalue weighted by atomic mass is 10.1. The van der Waals surface area contributed by atoms with Crippen LogP contribution >= 0.6 is 15.9 Å². The molecule has 0 spiro atoms. The molecular formula is C16H15BrF3N. The third kappa shape index (κ3) is 4.00. The van der Waals surface area contributed by atoms with Crippen LogP contribution in [0.25, 0.3) is 0 Å². The van der Waals surface area contributed by atoms with Crippen LogP contribution in [0.5, 0.6) is 0 Å². The van der Waals surface area contributed by atoms with E-state index >= 15 is 0 Å². The van der Waals surface area contributed by atoms with E-state index in [-0.39, 0.29) is 0 Å². The molecule has 0 unspecified atom stereocenters. The van der Waals surface area contributed by atoms with E-state index in [1.807, 2.05) is 26.0 Å². The van der Waals surface area contributed by atoms with Crippen LogP contribution in [0, 0.1) is 13.8 Å². The Hall–Kier alpha value is -1.49. The van der Waals surface area contributed by atoms with Crippen LogP contribution in [-0.4, -0.2) is 0 Å². The summed E-state index contributed by atoms with van der Waals surface area (Å²) in [7, 11) is 0. The third-order valence-electron chi connectivity index (χ3n) is 3.19. The quantitative estimate of drug-likeness (QED) is 0.743. The summed E-state index contributed by atoms with van der Waals surface area (Å²) in [6.07, 6.45) is -4.30. The Balaban J connectivity index is 2.14. The fourth-order valence-corrected chi connectivity index (χ4v) is 2.34. The maximum Gasteiger partial charge on any atom is 0.416 e. The molecule has 0 amide bonds. The summed E-state index contributed by atoms with van der Waals surface area (Å²) in [5.74, 6) is 0. The van der Waals surface area contributed by atoms with Gasteiger partial charge in [-0.15, -0.1) is 0 Å². The largest absolute Gasteiger partial charge is 0.416 e. The van der Waals surface area contributed by atoms with Gasteiger partial charge in [0, 0.05) is 16.7 Å². The number of alkyl halides is 3. The maximum absolute atomic E-state index is 12.7. The highest BCUT2D eigenvalue weighted by atomic mass is 79.9. The number of benzene rings is 2. The van der Waals surface area contributed by atoms with Gasteiger partial charge in [0.1, 0.15) is 0 Å². The minimum atomic E-state index is -4.30. The summed E-state index contributed by atoms with van der Waals surface area (Å²) in [6, 6.07) is 9.29. The second kappa shape index (κ2) is 6.10. The average Bonchev–Trinajstić information content (AvgIpc) is 2.42. The molecule has 112 valence electrons. The molecule has 0 aliphatic carbocycles. The first-order chi connectivity index (χ1) is 9.77. The lowest BCUT2D eigenvalue weighted by Gasteiger charge is -2.12. The van der Waals surface area contributed by atoms with Crippen LogP contribution in [-0.2, 0) is 12.7 Å². The van der Waals surface area contributed by atoms with Crippen LogP contribution in [0.2, 0.25) is 0 Å². The standard InChI is InChI=1S/C16H15BrF3N/c1-10-6-14(7-11(2)15(10)17)21-9-12-4-3-5-13(8-12)16(18,19)20/h3-8,21H,9H2,1-2H3. The molecule has 0 radical (unpaired) electrons. The van der Waals surface area contributed by atoms with Crippen LogP contribution < -0.4 is 5.32 Å². The van der Waals surface area contributed by atoms with Crippen LogP contribution in [0.1, 0.15) is 22.3 Å². The van der Waals surface area contributed by atoms with Gasteiger partial charge >= 0.3 is 6.18 Å². The van der Waals surface area contributed by atoms with Crippen molar-refractivity contribution in [1.82, 2.24) is 0 Å². The summed E-state index contributed by atoms with van der Waals surface area (Å²) in [6.45, 7) is 4.31. The van der Waals surface area contributed by atoms with Crippen molar-refractivity contribution in [3.63, 3.8) is 0 Å². The van der Waals surface area contributed by atoms with Gasteiger partial charge in [-0.25, -0.2) is 0 Å². The SMILES string of the molecule is Cc1cc(NCc2cccc(C(F)(F)F)c2)cc(C)c1Br.